The summed E-state index contributed by atoms with van der Waals surface area (Å²) in [4.78, 5) is 4.11. The Hall–Kier alpha value is -1.45. The molecule has 0 N–H and O–H groups in total. The molecular formula is C9H10FN3. The molecule has 1 aromatic heterocycles. The van der Waals surface area contributed by atoms with Crippen molar-refractivity contribution in [3.05, 3.63) is 30.4 Å². The predicted octanol–water partition coefficient (Wildman–Crippen LogP) is 1.63. The maximum atomic E-state index is 13.3. The SMILES string of the molecule is CC1C=C(F)C(n2cccn2)=NC1. The molecule has 0 aliphatic carbocycles. The molecule has 0 spiro atoms. The van der Waals surface area contributed by atoms with Crippen LogP contribution in [0.15, 0.2) is 35.4 Å². The Labute approximate surface area is 75.6 Å². The lowest BCUT2D eigenvalue weighted by Gasteiger charge is -2.12. The Bertz CT molecular complexity index is 351. The lowest BCUT2D eigenvalue weighted by Crippen LogP contribution is -2.19. The van der Waals surface area contributed by atoms with Gasteiger partial charge in [0, 0.05) is 18.9 Å². The third-order valence-corrected chi connectivity index (χ3v) is 1.89. The Kier molecular flexibility index (Phi) is 1.96. The summed E-state index contributed by atoms with van der Waals surface area (Å²) in [6.45, 7) is 2.56. The maximum Gasteiger partial charge on any atom is 0.184 e. The molecule has 1 atom stereocenters. The predicted molar refractivity (Wildman–Crippen MR) is 48.3 cm³/mol. The third kappa shape index (κ3) is 1.52. The highest BCUT2D eigenvalue weighted by atomic mass is 19.1. The number of nitrogens with zero attached hydrogens (tertiary/aromatic N) is 3. The van der Waals surface area contributed by atoms with Crippen molar-refractivity contribution in [1.29, 1.82) is 0 Å². The molecule has 0 saturated carbocycles. The maximum absolute atomic E-state index is 13.3. The quantitative estimate of drug-likeness (QED) is 0.595. The summed E-state index contributed by atoms with van der Waals surface area (Å²) in [7, 11) is 0. The molecule has 3 nitrogen and oxygen atoms in total. The zero-order valence-corrected chi connectivity index (χ0v) is 7.31. The molecule has 0 amide bonds. The fourth-order valence-electron chi connectivity index (χ4n) is 1.26. The first-order valence-electron chi connectivity index (χ1n) is 4.19. The van der Waals surface area contributed by atoms with Crippen LogP contribution in [-0.4, -0.2) is 22.2 Å². The molecule has 0 saturated heterocycles. The smallest absolute Gasteiger partial charge is 0.184 e. The van der Waals surface area contributed by atoms with Crippen LogP contribution >= 0.6 is 0 Å². The van der Waals surface area contributed by atoms with Gasteiger partial charge in [0.2, 0.25) is 0 Å². The van der Waals surface area contributed by atoms with E-state index >= 15 is 0 Å². The monoisotopic (exact) mass is 179 g/mol. The highest BCUT2D eigenvalue weighted by Gasteiger charge is 2.15. The van der Waals surface area contributed by atoms with Gasteiger partial charge < -0.3 is 0 Å². The van der Waals surface area contributed by atoms with Gasteiger partial charge in [0.15, 0.2) is 11.7 Å². The largest absolute Gasteiger partial charge is 0.264 e. The van der Waals surface area contributed by atoms with E-state index in [1.807, 2.05) is 6.92 Å². The first-order chi connectivity index (χ1) is 6.27. The lowest BCUT2D eigenvalue weighted by atomic mass is 10.1. The van der Waals surface area contributed by atoms with E-state index in [0.717, 1.165) is 0 Å². The summed E-state index contributed by atoms with van der Waals surface area (Å²) in [6.07, 6.45) is 4.86. The normalized spacial score (nSPS) is 22.5. The minimum Gasteiger partial charge on any atom is -0.264 e. The number of aliphatic imine (C=N–C) groups is 1. The van der Waals surface area contributed by atoms with E-state index in [9.17, 15) is 4.39 Å². The second-order valence-electron chi connectivity index (χ2n) is 3.11. The Morgan fingerprint density at radius 2 is 2.46 bits per heavy atom. The minimum absolute atomic E-state index is 0.180. The van der Waals surface area contributed by atoms with Crippen LogP contribution in [0.2, 0.25) is 0 Å². The van der Waals surface area contributed by atoms with Gasteiger partial charge in [-0.15, -0.1) is 0 Å². The number of hydrogen-bond donors (Lipinski definition) is 0. The van der Waals surface area contributed by atoms with Crippen molar-refractivity contribution in [1.82, 2.24) is 9.78 Å². The van der Waals surface area contributed by atoms with Crippen LogP contribution in [0.5, 0.6) is 0 Å². The summed E-state index contributed by atoms with van der Waals surface area (Å²) >= 11 is 0. The summed E-state index contributed by atoms with van der Waals surface area (Å²) in [5, 5.41) is 3.92. The van der Waals surface area contributed by atoms with Crippen LogP contribution < -0.4 is 0 Å². The van der Waals surface area contributed by atoms with Crippen LogP contribution in [0, 0.1) is 5.92 Å². The topological polar surface area (TPSA) is 30.2 Å². The molecule has 2 heterocycles. The van der Waals surface area contributed by atoms with Gasteiger partial charge in [-0.1, -0.05) is 6.92 Å². The number of halogens is 1. The minimum atomic E-state index is -0.289. The van der Waals surface area contributed by atoms with Gasteiger partial charge in [-0.3, -0.25) is 4.99 Å². The summed E-state index contributed by atoms with van der Waals surface area (Å²) < 4.78 is 14.8. The zero-order valence-electron chi connectivity index (χ0n) is 7.31. The molecule has 0 radical (unpaired) electrons. The second kappa shape index (κ2) is 3.12. The molecule has 13 heavy (non-hydrogen) atoms. The van der Waals surface area contributed by atoms with Gasteiger partial charge in [-0.2, -0.15) is 5.10 Å². The van der Waals surface area contributed by atoms with Crippen LogP contribution in [0.1, 0.15) is 6.92 Å². The highest BCUT2D eigenvalue weighted by molar-refractivity contribution is 5.97. The number of rotatable bonds is 0. The molecule has 0 fully saturated rings. The van der Waals surface area contributed by atoms with Crippen molar-refractivity contribution in [2.75, 3.05) is 6.54 Å². The number of hydrogen-bond acceptors (Lipinski definition) is 2. The average molecular weight is 179 g/mol. The molecule has 0 bridgehead atoms. The van der Waals surface area contributed by atoms with Gasteiger partial charge >= 0.3 is 0 Å². The van der Waals surface area contributed by atoms with E-state index < -0.39 is 0 Å². The lowest BCUT2D eigenvalue weighted by molar-refractivity contribution is 0.612. The van der Waals surface area contributed by atoms with Crippen molar-refractivity contribution >= 4 is 5.84 Å². The van der Waals surface area contributed by atoms with Crippen molar-refractivity contribution in [2.24, 2.45) is 10.9 Å². The fraction of sp³-hybridized carbons (Fsp3) is 0.333. The second-order valence-corrected chi connectivity index (χ2v) is 3.11. The Morgan fingerprint density at radius 1 is 1.62 bits per heavy atom. The van der Waals surface area contributed by atoms with Gasteiger partial charge in [0.25, 0.3) is 0 Å². The van der Waals surface area contributed by atoms with Crippen molar-refractivity contribution < 1.29 is 4.39 Å². The van der Waals surface area contributed by atoms with Crippen molar-refractivity contribution in [2.45, 2.75) is 6.92 Å². The molecule has 1 aliphatic rings. The van der Waals surface area contributed by atoms with Gasteiger partial charge in [-0.05, 0) is 18.1 Å². The molecule has 1 aliphatic heterocycles. The third-order valence-electron chi connectivity index (χ3n) is 1.89. The summed E-state index contributed by atoms with van der Waals surface area (Å²) in [6, 6.07) is 1.74. The highest BCUT2D eigenvalue weighted by Crippen LogP contribution is 2.14. The molecule has 1 unspecified atom stereocenters. The molecule has 0 aromatic carbocycles. The van der Waals surface area contributed by atoms with Crippen LogP contribution in [0.4, 0.5) is 4.39 Å². The number of dihydropyridines is 1. The van der Waals surface area contributed by atoms with E-state index in [1.54, 1.807) is 24.5 Å². The molecule has 1 aromatic rings. The molecule has 68 valence electrons. The van der Waals surface area contributed by atoms with E-state index in [4.69, 9.17) is 0 Å². The standard InChI is InChI=1S/C9H10FN3/c1-7-5-8(10)9(11-6-7)13-4-2-3-12-13/h2-5,7H,6H2,1H3. The van der Waals surface area contributed by atoms with E-state index in [-0.39, 0.29) is 11.7 Å². The molecule has 4 heteroatoms. The summed E-state index contributed by atoms with van der Waals surface area (Å²) in [5.41, 5.74) is 0. The van der Waals surface area contributed by atoms with E-state index in [1.165, 1.54) is 4.68 Å². The number of allylic oxidation sites excluding steroid dienone is 1. The first kappa shape index (κ1) is 8.16. The fourth-order valence-corrected chi connectivity index (χ4v) is 1.26. The van der Waals surface area contributed by atoms with Crippen molar-refractivity contribution in [3.63, 3.8) is 0 Å². The Balaban J connectivity index is 2.32. The van der Waals surface area contributed by atoms with Crippen LogP contribution in [0.25, 0.3) is 0 Å². The van der Waals surface area contributed by atoms with Crippen molar-refractivity contribution in [3.8, 4) is 0 Å². The number of aromatic nitrogens is 2. The van der Waals surface area contributed by atoms with E-state index in [0.29, 0.717) is 12.4 Å². The molecule has 2 rings (SSSR count). The van der Waals surface area contributed by atoms with Gasteiger partial charge in [0.05, 0.1) is 0 Å². The zero-order chi connectivity index (χ0) is 9.26. The summed E-state index contributed by atoms with van der Waals surface area (Å²) in [5.74, 6) is 0.199. The molecular weight excluding hydrogens is 169 g/mol. The average Bonchev–Trinajstić information content (AvgIpc) is 2.56. The van der Waals surface area contributed by atoms with Crippen LogP contribution in [0.3, 0.4) is 0 Å². The first-order valence-corrected chi connectivity index (χ1v) is 4.19. The Morgan fingerprint density at radius 3 is 3.08 bits per heavy atom. The van der Waals surface area contributed by atoms with Crippen LogP contribution in [-0.2, 0) is 0 Å². The van der Waals surface area contributed by atoms with E-state index in [2.05, 4.69) is 10.1 Å². The van der Waals surface area contributed by atoms with Gasteiger partial charge in [0.1, 0.15) is 0 Å². The van der Waals surface area contributed by atoms with Gasteiger partial charge in [-0.25, -0.2) is 9.07 Å².